The number of anilines is 1. The van der Waals surface area contributed by atoms with Crippen LogP contribution < -0.4 is 10.2 Å². The summed E-state index contributed by atoms with van der Waals surface area (Å²) in [4.78, 5) is 38.1. The van der Waals surface area contributed by atoms with E-state index in [1.807, 2.05) is 37.3 Å². The third-order valence-electron chi connectivity index (χ3n) is 4.60. The van der Waals surface area contributed by atoms with Crippen LogP contribution in [0.2, 0.25) is 5.02 Å². The summed E-state index contributed by atoms with van der Waals surface area (Å²) in [5.74, 6) is -1.72. The van der Waals surface area contributed by atoms with Gasteiger partial charge >= 0.3 is 5.97 Å². The fourth-order valence-corrected chi connectivity index (χ4v) is 3.31. The molecule has 0 saturated carbocycles. The van der Waals surface area contributed by atoms with Gasteiger partial charge in [0, 0.05) is 23.7 Å². The van der Waals surface area contributed by atoms with Crippen molar-refractivity contribution in [1.29, 1.82) is 0 Å². The van der Waals surface area contributed by atoms with Gasteiger partial charge in [-0.3, -0.25) is 14.4 Å². The van der Waals surface area contributed by atoms with Crippen LogP contribution in [0.3, 0.4) is 0 Å². The van der Waals surface area contributed by atoms with Crippen LogP contribution in [0, 0.1) is 5.92 Å². The van der Waals surface area contributed by atoms with E-state index in [-0.39, 0.29) is 37.4 Å². The Kier molecular flexibility index (Phi) is 6.31. The van der Waals surface area contributed by atoms with Gasteiger partial charge in [0.15, 0.2) is 6.61 Å². The number of hydrogen-bond donors (Lipinski definition) is 1. The average Bonchev–Trinajstić information content (AvgIpc) is 3.08. The molecule has 3 rings (SSSR count). The van der Waals surface area contributed by atoms with Crippen molar-refractivity contribution in [3.05, 3.63) is 65.2 Å². The summed E-state index contributed by atoms with van der Waals surface area (Å²) in [6, 6.07) is 16.2. The van der Waals surface area contributed by atoms with Crippen LogP contribution in [0.5, 0.6) is 0 Å². The van der Waals surface area contributed by atoms with E-state index in [9.17, 15) is 14.4 Å². The zero-order valence-corrected chi connectivity index (χ0v) is 16.2. The zero-order chi connectivity index (χ0) is 20.1. The monoisotopic (exact) mass is 400 g/mol. The van der Waals surface area contributed by atoms with Crippen LogP contribution in [0.15, 0.2) is 54.6 Å². The van der Waals surface area contributed by atoms with E-state index in [4.69, 9.17) is 16.3 Å². The van der Waals surface area contributed by atoms with Crippen LogP contribution >= 0.6 is 11.6 Å². The quantitative estimate of drug-likeness (QED) is 0.756. The van der Waals surface area contributed by atoms with Gasteiger partial charge in [0.1, 0.15) is 0 Å². The lowest BCUT2D eigenvalue weighted by molar-refractivity contribution is -0.152. The van der Waals surface area contributed by atoms with E-state index in [2.05, 4.69) is 5.32 Å². The highest BCUT2D eigenvalue weighted by atomic mass is 35.5. The molecule has 1 aliphatic rings. The lowest BCUT2D eigenvalue weighted by atomic mass is 10.1. The topological polar surface area (TPSA) is 75.7 Å². The summed E-state index contributed by atoms with van der Waals surface area (Å²) in [7, 11) is 0. The van der Waals surface area contributed by atoms with Gasteiger partial charge < -0.3 is 15.0 Å². The third kappa shape index (κ3) is 4.89. The van der Waals surface area contributed by atoms with Crippen LogP contribution in [-0.4, -0.2) is 30.9 Å². The molecule has 1 heterocycles. The molecule has 0 spiro atoms. The first kappa shape index (κ1) is 19.9. The minimum absolute atomic E-state index is 0.0490. The van der Waals surface area contributed by atoms with Crippen LogP contribution in [-0.2, 0) is 19.1 Å². The first-order chi connectivity index (χ1) is 13.4. The fourth-order valence-electron chi connectivity index (χ4n) is 3.12. The first-order valence-electron chi connectivity index (χ1n) is 9.01. The number of carbonyl (C=O) groups is 3. The Hall–Kier alpha value is -2.86. The lowest BCUT2D eigenvalue weighted by Crippen LogP contribution is -2.32. The molecule has 6 nitrogen and oxygen atoms in total. The van der Waals surface area contributed by atoms with E-state index < -0.39 is 11.9 Å². The second kappa shape index (κ2) is 8.89. The smallest absolute Gasteiger partial charge is 0.311 e. The van der Waals surface area contributed by atoms with Gasteiger partial charge in [-0.05, 0) is 30.7 Å². The third-order valence-corrected chi connectivity index (χ3v) is 4.84. The van der Waals surface area contributed by atoms with Gasteiger partial charge in [-0.1, -0.05) is 48.0 Å². The van der Waals surface area contributed by atoms with Crippen molar-refractivity contribution in [2.24, 2.45) is 5.92 Å². The van der Waals surface area contributed by atoms with E-state index in [1.54, 1.807) is 24.3 Å². The Morgan fingerprint density at radius 3 is 2.68 bits per heavy atom. The normalized spacial score (nSPS) is 17.3. The van der Waals surface area contributed by atoms with Crippen molar-refractivity contribution in [2.45, 2.75) is 19.4 Å². The molecule has 1 fully saturated rings. The number of amides is 2. The van der Waals surface area contributed by atoms with Gasteiger partial charge in [0.25, 0.3) is 5.91 Å². The minimum atomic E-state index is -0.606. The SMILES string of the molecule is C[C@@H](NC(=O)COC(=O)[C@H]1CC(=O)N(c2cccc(Cl)c2)C1)c1ccccc1. The number of ether oxygens (including phenoxy) is 1. The molecule has 0 radical (unpaired) electrons. The molecule has 1 N–H and O–H groups in total. The average molecular weight is 401 g/mol. The summed E-state index contributed by atoms with van der Waals surface area (Å²) in [6.45, 7) is 1.69. The van der Waals surface area contributed by atoms with Crippen LogP contribution in [0.4, 0.5) is 5.69 Å². The Balaban J connectivity index is 1.50. The standard InChI is InChI=1S/C21H21ClN2O4/c1-14(15-6-3-2-4-7-15)23-19(25)13-28-21(27)16-10-20(26)24(12-16)18-9-5-8-17(22)11-18/h2-9,11,14,16H,10,12-13H2,1H3,(H,23,25)/t14-,16+/m1/s1. The van der Waals surface area contributed by atoms with Crippen molar-refractivity contribution < 1.29 is 19.1 Å². The minimum Gasteiger partial charge on any atom is -0.455 e. The molecule has 28 heavy (non-hydrogen) atoms. The van der Waals surface area contributed by atoms with Gasteiger partial charge in [-0.15, -0.1) is 0 Å². The van der Waals surface area contributed by atoms with Gasteiger partial charge in [-0.2, -0.15) is 0 Å². The molecule has 1 saturated heterocycles. The number of benzene rings is 2. The Labute approximate surface area is 168 Å². The summed E-state index contributed by atoms with van der Waals surface area (Å²) >= 11 is 5.97. The first-order valence-corrected chi connectivity index (χ1v) is 9.38. The van der Waals surface area contributed by atoms with E-state index in [0.29, 0.717) is 10.7 Å². The molecular formula is C21H21ClN2O4. The zero-order valence-electron chi connectivity index (χ0n) is 15.4. The molecule has 146 valence electrons. The molecule has 2 aromatic carbocycles. The highest BCUT2D eigenvalue weighted by Gasteiger charge is 2.36. The number of rotatable bonds is 6. The molecule has 2 amide bonds. The highest BCUT2D eigenvalue weighted by molar-refractivity contribution is 6.31. The summed E-state index contributed by atoms with van der Waals surface area (Å²) in [5.41, 5.74) is 1.60. The second-order valence-electron chi connectivity index (χ2n) is 6.69. The summed E-state index contributed by atoms with van der Waals surface area (Å²) < 4.78 is 5.12. The van der Waals surface area contributed by atoms with Crippen molar-refractivity contribution in [1.82, 2.24) is 5.32 Å². The predicted octanol–water partition coefficient (Wildman–Crippen LogP) is 3.11. The van der Waals surface area contributed by atoms with Gasteiger partial charge in [0.2, 0.25) is 5.91 Å². The van der Waals surface area contributed by atoms with Crippen molar-refractivity contribution >= 4 is 35.1 Å². The van der Waals surface area contributed by atoms with Crippen molar-refractivity contribution in [3.63, 3.8) is 0 Å². The van der Waals surface area contributed by atoms with Gasteiger partial charge in [0.05, 0.1) is 12.0 Å². The molecule has 0 unspecified atom stereocenters. The maximum Gasteiger partial charge on any atom is 0.311 e. The maximum absolute atomic E-state index is 12.3. The van der Waals surface area contributed by atoms with Crippen molar-refractivity contribution in [3.8, 4) is 0 Å². The van der Waals surface area contributed by atoms with Crippen LogP contribution in [0.25, 0.3) is 0 Å². The number of hydrogen-bond acceptors (Lipinski definition) is 4. The predicted molar refractivity (Wildman–Crippen MR) is 106 cm³/mol. The number of nitrogens with zero attached hydrogens (tertiary/aromatic N) is 1. The Morgan fingerprint density at radius 2 is 1.96 bits per heavy atom. The maximum atomic E-state index is 12.3. The lowest BCUT2D eigenvalue weighted by Gasteiger charge is -2.17. The summed E-state index contributed by atoms with van der Waals surface area (Å²) in [6.07, 6.45) is 0.0490. The van der Waals surface area contributed by atoms with Gasteiger partial charge in [-0.25, -0.2) is 0 Å². The molecule has 1 aliphatic heterocycles. The van der Waals surface area contributed by atoms with E-state index in [1.165, 1.54) is 4.90 Å². The highest BCUT2D eigenvalue weighted by Crippen LogP contribution is 2.27. The molecule has 0 aliphatic carbocycles. The summed E-state index contributed by atoms with van der Waals surface area (Å²) in [5, 5.41) is 3.30. The molecule has 0 aromatic heterocycles. The second-order valence-corrected chi connectivity index (χ2v) is 7.13. The number of nitrogens with one attached hydrogen (secondary N) is 1. The molecule has 2 atom stereocenters. The molecule has 0 bridgehead atoms. The fraction of sp³-hybridized carbons (Fsp3) is 0.286. The van der Waals surface area contributed by atoms with E-state index in [0.717, 1.165) is 5.56 Å². The number of carbonyl (C=O) groups excluding carboxylic acids is 3. The van der Waals surface area contributed by atoms with Crippen molar-refractivity contribution in [2.75, 3.05) is 18.1 Å². The Morgan fingerprint density at radius 1 is 1.21 bits per heavy atom. The molecule has 2 aromatic rings. The molecular weight excluding hydrogens is 380 g/mol. The largest absolute Gasteiger partial charge is 0.455 e. The molecule has 7 heteroatoms. The van der Waals surface area contributed by atoms with E-state index >= 15 is 0 Å². The Bertz CT molecular complexity index is 872. The van der Waals surface area contributed by atoms with Crippen LogP contribution in [0.1, 0.15) is 24.9 Å². The number of halogens is 1. The number of esters is 1.